The Morgan fingerprint density at radius 2 is 1.98 bits per heavy atom. The second-order valence-electron chi connectivity index (χ2n) is 11.7. The molecule has 1 aliphatic heterocycles. The fourth-order valence-corrected chi connectivity index (χ4v) is 4.92. The molecule has 2 heterocycles. The molecule has 0 radical (unpaired) electrons. The number of aromatic nitrogens is 1. The summed E-state index contributed by atoms with van der Waals surface area (Å²) in [6, 6.07) is 6.16. The second kappa shape index (κ2) is 23.6. The van der Waals surface area contributed by atoms with Crippen molar-refractivity contribution in [2.24, 2.45) is 21.1 Å². The van der Waals surface area contributed by atoms with Crippen molar-refractivity contribution < 1.29 is 13.9 Å². The molecule has 2 aliphatic rings. The molecule has 1 amide bonds. The normalized spacial score (nSPS) is 21.3. The van der Waals surface area contributed by atoms with E-state index >= 15 is 0 Å². The predicted octanol–water partition coefficient (Wildman–Crippen LogP) is 7.70. The average molecular weight is 654 g/mol. The van der Waals surface area contributed by atoms with E-state index in [4.69, 9.17) is 9.84 Å². The first-order valence-corrected chi connectivity index (χ1v) is 17.1. The van der Waals surface area contributed by atoms with E-state index in [0.717, 1.165) is 50.2 Å². The van der Waals surface area contributed by atoms with Gasteiger partial charge in [0.05, 0.1) is 30.7 Å². The van der Waals surface area contributed by atoms with Gasteiger partial charge in [-0.3, -0.25) is 19.8 Å². The smallest absolute Gasteiger partial charge is 0.270 e. The number of hydrogen-bond acceptors (Lipinski definition) is 8. The molecule has 9 nitrogen and oxygen atoms in total. The predicted molar refractivity (Wildman–Crippen MR) is 196 cm³/mol. The molecule has 0 aromatic carbocycles. The molecule has 1 saturated heterocycles. The third kappa shape index (κ3) is 15.7. The quantitative estimate of drug-likeness (QED) is 0.155. The van der Waals surface area contributed by atoms with Crippen molar-refractivity contribution in [1.82, 2.24) is 20.3 Å². The van der Waals surface area contributed by atoms with Gasteiger partial charge in [0.2, 0.25) is 0 Å². The fraction of sp³-hybridized carbons (Fsp3) is 0.595. The summed E-state index contributed by atoms with van der Waals surface area (Å²) >= 11 is 0. The third-order valence-corrected chi connectivity index (χ3v) is 7.84. The van der Waals surface area contributed by atoms with Crippen molar-refractivity contribution in [3.8, 4) is 0 Å². The number of hydrogen-bond donors (Lipinski definition) is 1. The van der Waals surface area contributed by atoms with Crippen LogP contribution in [0.4, 0.5) is 4.39 Å². The van der Waals surface area contributed by atoms with Crippen LogP contribution in [0.1, 0.15) is 99.1 Å². The molecule has 1 aliphatic carbocycles. The lowest BCUT2D eigenvalue weighted by Gasteiger charge is -2.33. The molecular weight excluding hydrogens is 593 g/mol. The number of nitrogens with zero attached hydrogens (tertiary/aromatic N) is 6. The van der Waals surface area contributed by atoms with Crippen LogP contribution in [0.25, 0.3) is 0 Å². The summed E-state index contributed by atoms with van der Waals surface area (Å²) in [4.78, 5) is 24.7. The van der Waals surface area contributed by atoms with Crippen LogP contribution >= 0.6 is 0 Å². The first-order valence-electron chi connectivity index (χ1n) is 17.1. The zero-order valence-corrected chi connectivity index (χ0v) is 30.2. The number of carbonyl (C=O) groups is 1. The van der Waals surface area contributed by atoms with Crippen LogP contribution in [0, 0.1) is 5.92 Å². The number of aliphatic imine (C=N–C) groups is 1. The molecule has 1 N–H and O–H groups in total. The highest BCUT2D eigenvalue weighted by molar-refractivity contribution is 6.39. The van der Waals surface area contributed by atoms with E-state index in [-0.39, 0.29) is 36.0 Å². The molecule has 1 aromatic heterocycles. The third-order valence-electron chi connectivity index (χ3n) is 7.84. The highest BCUT2D eigenvalue weighted by Crippen LogP contribution is 2.37. The molecule has 3 unspecified atom stereocenters. The number of rotatable bonds is 15. The molecule has 262 valence electrons. The lowest BCUT2D eigenvalue weighted by molar-refractivity contribution is -0.127. The van der Waals surface area contributed by atoms with Gasteiger partial charge in [0.1, 0.15) is 11.9 Å². The van der Waals surface area contributed by atoms with Crippen LogP contribution in [0.2, 0.25) is 0 Å². The molecule has 47 heavy (non-hydrogen) atoms. The van der Waals surface area contributed by atoms with E-state index in [2.05, 4.69) is 59.3 Å². The molecule has 2 fully saturated rings. The molecular formula is C37H60FN7O2. The SMILES string of the molecule is C=C/C(C)=N\NCC(CC)N(C(=O)/C(CC(C)c1ccccn1)=N/N1CCCCOC1C)[C@H]1C[C@H]1C.C=CC=NC/C=C(\C)F.CC. The van der Waals surface area contributed by atoms with Gasteiger partial charge in [-0.15, -0.1) is 0 Å². The van der Waals surface area contributed by atoms with Gasteiger partial charge in [-0.25, -0.2) is 4.39 Å². The summed E-state index contributed by atoms with van der Waals surface area (Å²) in [5.74, 6) is 0.364. The highest BCUT2D eigenvalue weighted by atomic mass is 19.1. The number of carbonyl (C=O) groups excluding carboxylic acids is 1. The van der Waals surface area contributed by atoms with Crippen LogP contribution < -0.4 is 5.43 Å². The van der Waals surface area contributed by atoms with Crippen molar-refractivity contribution in [3.05, 3.63) is 67.3 Å². The van der Waals surface area contributed by atoms with Crippen LogP contribution in [-0.2, 0) is 9.53 Å². The summed E-state index contributed by atoms with van der Waals surface area (Å²) in [7, 11) is 0. The van der Waals surface area contributed by atoms with E-state index in [1.54, 1.807) is 24.6 Å². The number of allylic oxidation sites excluding steroid dienone is 3. The summed E-state index contributed by atoms with van der Waals surface area (Å²) < 4.78 is 17.8. The van der Waals surface area contributed by atoms with Crippen LogP contribution in [0.3, 0.4) is 0 Å². The first-order chi connectivity index (χ1) is 22.6. The van der Waals surface area contributed by atoms with Gasteiger partial charge in [-0.1, -0.05) is 59.9 Å². The number of nitrogens with one attached hydrogen (secondary N) is 1. The van der Waals surface area contributed by atoms with Gasteiger partial charge in [-0.2, -0.15) is 10.2 Å². The van der Waals surface area contributed by atoms with Gasteiger partial charge < -0.3 is 15.1 Å². The standard InChI is InChI=1S/C28H44N6O2.C7H10FN.C2H6/c1-7-22(5)31-30-19-24(8-2)34(27-18-21(27)4)28(35)26(17-20(3)25-13-9-10-14-29-25)32-33-15-11-12-16-36-23(33)6;1-3-5-9-6-4-7(2)8;1-2/h7,9-10,13-14,20-21,23-24,27,30H,1,8,11-12,15-19H2,2-6H3;3-5H,1,6H2,2H3;1-2H3/b31-22-,32-26+;7-4+,9-5?;/t20?,21-,23?,24?,27+;;/m1../s1. The van der Waals surface area contributed by atoms with Gasteiger partial charge in [-0.05, 0) is 76.7 Å². The van der Waals surface area contributed by atoms with E-state index in [0.29, 0.717) is 31.1 Å². The van der Waals surface area contributed by atoms with Gasteiger partial charge in [0.15, 0.2) is 0 Å². The average Bonchev–Trinajstić information content (AvgIpc) is 3.84. The maximum Gasteiger partial charge on any atom is 0.270 e. The van der Waals surface area contributed by atoms with Crippen LogP contribution in [0.15, 0.2) is 76.8 Å². The van der Waals surface area contributed by atoms with Gasteiger partial charge >= 0.3 is 0 Å². The van der Waals surface area contributed by atoms with Gasteiger partial charge in [0.25, 0.3) is 5.91 Å². The number of amides is 1. The van der Waals surface area contributed by atoms with Gasteiger partial charge in [0, 0.05) is 49.6 Å². The van der Waals surface area contributed by atoms with Crippen molar-refractivity contribution in [2.45, 2.75) is 112 Å². The Kier molecular flexibility index (Phi) is 20.8. The molecule has 1 aromatic rings. The Hall–Kier alpha value is -3.66. The van der Waals surface area contributed by atoms with E-state index in [1.165, 1.54) is 13.0 Å². The minimum atomic E-state index is -0.198. The van der Waals surface area contributed by atoms with Crippen molar-refractivity contribution in [2.75, 3.05) is 26.2 Å². The van der Waals surface area contributed by atoms with Crippen molar-refractivity contribution in [1.29, 1.82) is 0 Å². The summed E-state index contributed by atoms with van der Waals surface area (Å²) in [5, 5.41) is 11.3. The van der Waals surface area contributed by atoms with Crippen molar-refractivity contribution >= 4 is 23.5 Å². The zero-order chi connectivity index (χ0) is 35.2. The maximum absolute atomic E-state index is 14.3. The minimum Gasteiger partial charge on any atom is -0.357 e. The Labute approximate surface area is 283 Å². The maximum atomic E-state index is 14.3. The van der Waals surface area contributed by atoms with E-state index < -0.39 is 0 Å². The molecule has 3 rings (SSSR count). The molecule has 0 bridgehead atoms. The van der Waals surface area contributed by atoms with Crippen LogP contribution in [0.5, 0.6) is 0 Å². The lowest BCUT2D eigenvalue weighted by Crippen LogP contribution is -2.50. The minimum absolute atomic E-state index is 0.0154. The topological polar surface area (TPSA) is 94.8 Å². The highest BCUT2D eigenvalue weighted by Gasteiger charge is 2.44. The Morgan fingerprint density at radius 1 is 1.26 bits per heavy atom. The summed E-state index contributed by atoms with van der Waals surface area (Å²) in [5.41, 5.74) is 5.53. The van der Waals surface area contributed by atoms with Crippen LogP contribution in [-0.4, -0.2) is 83.0 Å². The number of halogens is 1. The van der Waals surface area contributed by atoms with E-state index in [9.17, 15) is 9.18 Å². The number of hydrazone groups is 2. The molecule has 10 heteroatoms. The molecule has 0 spiro atoms. The monoisotopic (exact) mass is 653 g/mol. The molecule has 5 atom stereocenters. The molecule has 1 saturated carbocycles. The summed E-state index contributed by atoms with van der Waals surface area (Å²) in [6.07, 6.45) is 12.2. The first kappa shape index (κ1) is 41.4. The zero-order valence-electron chi connectivity index (χ0n) is 30.2. The fourth-order valence-electron chi connectivity index (χ4n) is 4.92. The second-order valence-corrected chi connectivity index (χ2v) is 11.7. The lowest BCUT2D eigenvalue weighted by atomic mass is 9.98. The Morgan fingerprint density at radius 3 is 2.55 bits per heavy atom. The van der Waals surface area contributed by atoms with Crippen molar-refractivity contribution in [3.63, 3.8) is 0 Å². The number of ether oxygens (including phenoxy) is 1. The Balaban J connectivity index is 0.000000867. The number of pyridine rings is 1. The van der Waals surface area contributed by atoms with E-state index in [1.807, 2.05) is 50.9 Å². The summed E-state index contributed by atoms with van der Waals surface area (Å²) in [6.45, 7) is 25.4. The Bertz CT molecular complexity index is 1180. The largest absolute Gasteiger partial charge is 0.357 e.